The fourth-order valence-corrected chi connectivity index (χ4v) is 2.76. The highest BCUT2D eigenvalue weighted by Crippen LogP contribution is 2.27. The fraction of sp³-hybridized carbons (Fsp3) is 0.429. The van der Waals surface area contributed by atoms with Crippen molar-refractivity contribution in [3.63, 3.8) is 0 Å². The molecule has 6 heteroatoms. The van der Waals surface area contributed by atoms with Gasteiger partial charge in [0.15, 0.2) is 0 Å². The molecule has 1 N–H and O–H groups in total. The Morgan fingerprint density at radius 2 is 2.15 bits per heavy atom. The van der Waals surface area contributed by atoms with Crippen molar-refractivity contribution in [3.8, 4) is 10.6 Å². The van der Waals surface area contributed by atoms with Crippen LogP contribution in [0.3, 0.4) is 0 Å². The summed E-state index contributed by atoms with van der Waals surface area (Å²) in [6, 6.07) is 4.70. The predicted molar refractivity (Wildman–Crippen MR) is 81.8 cm³/mol. The number of aryl methyl sites for hydroxylation is 1. The van der Waals surface area contributed by atoms with Crippen molar-refractivity contribution < 1.29 is 4.39 Å². The van der Waals surface area contributed by atoms with Crippen molar-refractivity contribution in [2.45, 2.75) is 26.2 Å². The molecule has 2 aromatic rings. The van der Waals surface area contributed by atoms with Gasteiger partial charge in [-0.05, 0) is 38.1 Å². The first-order valence-electron chi connectivity index (χ1n) is 6.69. The van der Waals surface area contributed by atoms with Gasteiger partial charge in [-0.2, -0.15) is 0 Å². The maximum absolute atomic E-state index is 13.4. The molecule has 0 saturated carbocycles. The van der Waals surface area contributed by atoms with Crippen molar-refractivity contribution in [1.82, 2.24) is 15.5 Å². The Morgan fingerprint density at radius 3 is 2.90 bits per heavy atom. The molecule has 20 heavy (non-hydrogen) atoms. The first kappa shape index (κ1) is 15.4. The number of rotatable bonds is 7. The minimum absolute atomic E-state index is 0.125. The first-order valence-corrected chi connectivity index (χ1v) is 7.88. The molecule has 0 spiro atoms. The molecule has 3 nitrogen and oxygen atoms in total. The molecule has 0 aliphatic carbocycles. The lowest BCUT2D eigenvalue weighted by Gasteiger charge is -2.00. The van der Waals surface area contributed by atoms with E-state index in [-0.39, 0.29) is 5.02 Å². The van der Waals surface area contributed by atoms with Gasteiger partial charge in [0.1, 0.15) is 15.8 Å². The van der Waals surface area contributed by atoms with Gasteiger partial charge in [0.25, 0.3) is 0 Å². The lowest BCUT2D eigenvalue weighted by atomic mass is 10.2. The van der Waals surface area contributed by atoms with E-state index >= 15 is 0 Å². The molecule has 1 heterocycles. The lowest BCUT2D eigenvalue weighted by Crippen LogP contribution is -2.16. The summed E-state index contributed by atoms with van der Waals surface area (Å²) in [6.07, 6.45) is 3.07. The Balaban J connectivity index is 1.93. The van der Waals surface area contributed by atoms with Crippen LogP contribution >= 0.6 is 22.9 Å². The molecule has 0 aliphatic heterocycles. The third-order valence-corrected chi connectivity index (χ3v) is 4.14. The largest absolute Gasteiger partial charge is 0.317 e. The number of hydrogen-bond donors (Lipinski definition) is 1. The molecular formula is C14H17ClFN3S. The Labute approximate surface area is 127 Å². The van der Waals surface area contributed by atoms with Crippen molar-refractivity contribution in [1.29, 1.82) is 0 Å². The highest BCUT2D eigenvalue weighted by Gasteiger charge is 2.09. The van der Waals surface area contributed by atoms with Crippen LogP contribution in [0.2, 0.25) is 5.02 Å². The van der Waals surface area contributed by atoms with Crippen LogP contribution in [0.5, 0.6) is 0 Å². The predicted octanol–water partition coefficient (Wildman–Crippen LogP) is 3.93. The molecule has 0 saturated heterocycles. The zero-order valence-corrected chi connectivity index (χ0v) is 12.9. The summed E-state index contributed by atoms with van der Waals surface area (Å²) in [5.74, 6) is -0.426. The van der Waals surface area contributed by atoms with Gasteiger partial charge in [-0.3, -0.25) is 0 Å². The third kappa shape index (κ3) is 4.23. The van der Waals surface area contributed by atoms with E-state index in [9.17, 15) is 4.39 Å². The molecular weight excluding hydrogens is 297 g/mol. The second-order valence-corrected chi connectivity index (χ2v) is 5.95. The Bertz CT molecular complexity index is 559. The molecule has 1 aromatic heterocycles. The second-order valence-electron chi connectivity index (χ2n) is 4.48. The van der Waals surface area contributed by atoms with E-state index in [1.807, 2.05) is 0 Å². The minimum Gasteiger partial charge on any atom is -0.317 e. The molecule has 108 valence electrons. The van der Waals surface area contributed by atoms with Crippen LogP contribution < -0.4 is 5.32 Å². The summed E-state index contributed by atoms with van der Waals surface area (Å²) in [5, 5.41) is 13.4. The van der Waals surface area contributed by atoms with Gasteiger partial charge >= 0.3 is 0 Å². The van der Waals surface area contributed by atoms with Gasteiger partial charge in [0.2, 0.25) is 0 Å². The molecule has 0 atom stereocenters. The molecule has 0 fully saturated rings. The van der Waals surface area contributed by atoms with E-state index < -0.39 is 5.82 Å². The highest BCUT2D eigenvalue weighted by molar-refractivity contribution is 7.14. The van der Waals surface area contributed by atoms with Crippen molar-refractivity contribution in [2.75, 3.05) is 13.1 Å². The number of halogens is 2. The molecule has 1 aromatic carbocycles. The average molecular weight is 314 g/mol. The van der Waals surface area contributed by atoms with E-state index in [1.165, 1.54) is 17.4 Å². The molecule has 0 bridgehead atoms. The molecule has 2 rings (SSSR count). The SMILES string of the molecule is CCCNCCCc1nnc(-c2ccc(Cl)c(F)c2)s1. The van der Waals surface area contributed by atoms with Crippen molar-refractivity contribution >= 4 is 22.9 Å². The Morgan fingerprint density at radius 1 is 1.30 bits per heavy atom. The van der Waals surface area contributed by atoms with Crippen LogP contribution in [0.4, 0.5) is 4.39 Å². The van der Waals surface area contributed by atoms with Crippen LogP contribution in [0.1, 0.15) is 24.8 Å². The Kier molecular flexibility index (Phi) is 5.88. The first-order chi connectivity index (χ1) is 9.70. The summed E-state index contributed by atoms with van der Waals surface area (Å²) in [6.45, 7) is 4.18. The van der Waals surface area contributed by atoms with Crippen LogP contribution in [0.25, 0.3) is 10.6 Å². The zero-order chi connectivity index (χ0) is 14.4. The normalized spacial score (nSPS) is 10.9. The van der Waals surface area contributed by atoms with E-state index in [1.54, 1.807) is 12.1 Å². The average Bonchev–Trinajstić information content (AvgIpc) is 2.90. The number of aromatic nitrogens is 2. The van der Waals surface area contributed by atoms with Crippen molar-refractivity contribution in [3.05, 3.63) is 34.0 Å². The molecule has 0 amide bonds. The van der Waals surface area contributed by atoms with E-state index in [0.717, 1.165) is 47.9 Å². The van der Waals surface area contributed by atoms with Crippen molar-refractivity contribution in [2.24, 2.45) is 0 Å². The maximum Gasteiger partial charge on any atom is 0.147 e. The topological polar surface area (TPSA) is 37.8 Å². The molecule has 0 unspecified atom stereocenters. The summed E-state index contributed by atoms with van der Waals surface area (Å²) in [4.78, 5) is 0. The van der Waals surface area contributed by atoms with Crippen LogP contribution in [0, 0.1) is 5.82 Å². The van der Waals surface area contributed by atoms with Gasteiger partial charge in [0.05, 0.1) is 5.02 Å². The van der Waals surface area contributed by atoms with Gasteiger partial charge in [-0.25, -0.2) is 4.39 Å². The second kappa shape index (κ2) is 7.67. The van der Waals surface area contributed by atoms with Gasteiger partial charge in [-0.15, -0.1) is 10.2 Å². The van der Waals surface area contributed by atoms with Gasteiger partial charge in [-0.1, -0.05) is 35.9 Å². The number of hydrogen-bond acceptors (Lipinski definition) is 4. The smallest absolute Gasteiger partial charge is 0.147 e. The lowest BCUT2D eigenvalue weighted by molar-refractivity contribution is 0.628. The summed E-state index contributed by atoms with van der Waals surface area (Å²) in [7, 11) is 0. The quantitative estimate of drug-likeness (QED) is 0.787. The van der Waals surface area contributed by atoms with Crippen LogP contribution in [-0.2, 0) is 6.42 Å². The van der Waals surface area contributed by atoms with Gasteiger partial charge in [0, 0.05) is 12.0 Å². The van der Waals surface area contributed by atoms with Gasteiger partial charge < -0.3 is 5.32 Å². The number of nitrogens with one attached hydrogen (secondary N) is 1. The van der Waals surface area contributed by atoms with E-state index in [4.69, 9.17) is 11.6 Å². The monoisotopic (exact) mass is 313 g/mol. The van der Waals surface area contributed by atoms with E-state index in [0.29, 0.717) is 0 Å². The number of benzene rings is 1. The minimum atomic E-state index is -0.426. The highest BCUT2D eigenvalue weighted by atomic mass is 35.5. The zero-order valence-electron chi connectivity index (χ0n) is 11.3. The molecule has 0 radical (unpaired) electrons. The summed E-state index contributed by atoms with van der Waals surface area (Å²) in [5.41, 5.74) is 0.722. The van der Waals surface area contributed by atoms with E-state index in [2.05, 4.69) is 22.4 Å². The maximum atomic E-state index is 13.4. The van der Waals surface area contributed by atoms with Crippen LogP contribution in [-0.4, -0.2) is 23.3 Å². The third-order valence-electron chi connectivity index (χ3n) is 2.80. The Hall–Kier alpha value is -1.04. The summed E-state index contributed by atoms with van der Waals surface area (Å²) >= 11 is 7.17. The standard InChI is InChI=1S/C14H17ClFN3S/c1-2-7-17-8-3-4-13-18-19-14(20-13)10-5-6-11(15)12(16)9-10/h5-6,9,17H,2-4,7-8H2,1H3. The molecule has 0 aliphatic rings. The number of nitrogens with zero attached hydrogens (tertiary/aromatic N) is 2. The van der Waals surface area contributed by atoms with Crippen LogP contribution in [0.15, 0.2) is 18.2 Å². The summed E-state index contributed by atoms with van der Waals surface area (Å²) < 4.78 is 13.4. The fourth-order valence-electron chi connectivity index (χ4n) is 1.77.